The van der Waals surface area contributed by atoms with Gasteiger partial charge in [-0.05, 0) is 37.4 Å². The molecule has 0 amide bonds. The fourth-order valence-corrected chi connectivity index (χ4v) is 2.92. The van der Waals surface area contributed by atoms with Crippen molar-refractivity contribution >= 4 is 21.1 Å². The van der Waals surface area contributed by atoms with Crippen molar-refractivity contribution < 1.29 is 8.42 Å². The van der Waals surface area contributed by atoms with Crippen LogP contribution >= 0.6 is 0 Å². The third-order valence-electron chi connectivity index (χ3n) is 3.37. The van der Waals surface area contributed by atoms with Crippen LogP contribution in [0.2, 0.25) is 0 Å². The lowest BCUT2D eigenvalue weighted by Gasteiger charge is -2.05. The Labute approximate surface area is 122 Å². The Morgan fingerprint density at radius 2 is 1.86 bits per heavy atom. The molecule has 2 heterocycles. The summed E-state index contributed by atoms with van der Waals surface area (Å²) in [6.45, 7) is 0. The maximum absolute atomic E-state index is 11.7. The van der Waals surface area contributed by atoms with E-state index in [9.17, 15) is 8.42 Å². The molecule has 7 heteroatoms. The second-order valence-corrected chi connectivity index (χ2v) is 6.48. The Kier molecular flexibility index (Phi) is 3.23. The maximum Gasteiger partial charge on any atom is 0.240 e. The molecule has 0 aliphatic heterocycles. The summed E-state index contributed by atoms with van der Waals surface area (Å²) in [6.07, 6.45) is 3.45. The van der Waals surface area contributed by atoms with Gasteiger partial charge in [-0.2, -0.15) is 0 Å². The third-order valence-corrected chi connectivity index (χ3v) is 4.80. The summed E-state index contributed by atoms with van der Waals surface area (Å²) in [5, 5.41) is 0. The zero-order valence-corrected chi connectivity index (χ0v) is 12.4. The molecule has 2 aromatic heterocycles. The molecule has 6 nitrogen and oxygen atoms in total. The van der Waals surface area contributed by atoms with Crippen LogP contribution in [-0.4, -0.2) is 30.0 Å². The average Bonchev–Trinajstić information content (AvgIpc) is 2.85. The molecule has 0 aliphatic carbocycles. The van der Waals surface area contributed by atoms with Crippen molar-refractivity contribution in [3.05, 3.63) is 42.7 Å². The first-order valence-corrected chi connectivity index (χ1v) is 7.81. The largest absolute Gasteiger partial charge is 0.326 e. The Morgan fingerprint density at radius 1 is 1.14 bits per heavy atom. The second-order valence-electron chi connectivity index (χ2n) is 4.59. The number of nitrogens with zero attached hydrogens (tertiary/aromatic N) is 3. The van der Waals surface area contributed by atoms with E-state index in [1.807, 2.05) is 17.7 Å². The van der Waals surface area contributed by atoms with Gasteiger partial charge in [0.05, 0.1) is 22.1 Å². The number of imidazole rings is 1. The molecule has 3 rings (SSSR count). The molecule has 0 spiro atoms. The fraction of sp³-hybridized carbons (Fsp3) is 0.143. The highest BCUT2D eigenvalue weighted by Gasteiger charge is 2.13. The molecule has 0 unspecified atom stereocenters. The quantitative estimate of drug-likeness (QED) is 0.796. The Hall–Kier alpha value is -2.25. The summed E-state index contributed by atoms with van der Waals surface area (Å²) < 4.78 is 27.7. The van der Waals surface area contributed by atoms with Crippen LogP contribution in [0.3, 0.4) is 0 Å². The minimum absolute atomic E-state index is 0.231. The predicted molar refractivity (Wildman–Crippen MR) is 80.2 cm³/mol. The zero-order chi connectivity index (χ0) is 15.0. The first kappa shape index (κ1) is 13.7. The van der Waals surface area contributed by atoms with E-state index in [0.717, 1.165) is 22.4 Å². The van der Waals surface area contributed by atoms with Gasteiger partial charge in [0.1, 0.15) is 5.82 Å². The maximum atomic E-state index is 11.7. The standard InChI is InChI=1S/C14H14N4O2S/c1-15-21(19,20)11-5-3-10(4-6-11)14-17-12-7-8-16-9-13(12)18(14)2/h3-9,15H,1-2H3. The summed E-state index contributed by atoms with van der Waals surface area (Å²) in [4.78, 5) is 8.87. The molecule has 0 bridgehead atoms. The molecular formula is C14H14N4O2S. The fourth-order valence-electron chi connectivity index (χ4n) is 2.19. The number of fused-ring (bicyclic) bond motifs is 1. The smallest absolute Gasteiger partial charge is 0.240 e. The number of benzene rings is 1. The van der Waals surface area contributed by atoms with Gasteiger partial charge in [-0.3, -0.25) is 4.98 Å². The number of sulfonamides is 1. The van der Waals surface area contributed by atoms with Crippen LogP contribution in [0, 0.1) is 0 Å². The molecular weight excluding hydrogens is 288 g/mol. The van der Waals surface area contributed by atoms with Crippen LogP contribution < -0.4 is 4.72 Å². The van der Waals surface area contributed by atoms with Crippen molar-refractivity contribution in [2.24, 2.45) is 7.05 Å². The van der Waals surface area contributed by atoms with E-state index in [1.165, 1.54) is 7.05 Å². The van der Waals surface area contributed by atoms with E-state index < -0.39 is 10.0 Å². The van der Waals surface area contributed by atoms with Gasteiger partial charge in [0.25, 0.3) is 0 Å². The number of hydrogen-bond donors (Lipinski definition) is 1. The van der Waals surface area contributed by atoms with Crippen LogP contribution in [0.15, 0.2) is 47.6 Å². The molecule has 0 saturated heterocycles. The molecule has 0 saturated carbocycles. The van der Waals surface area contributed by atoms with Crippen molar-refractivity contribution in [3.8, 4) is 11.4 Å². The molecule has 108 valence electrons. The minimum Gasteiger partial charge on any atom is -0.326 e. The summed E-state index contributed by atoms with van der Waals surface area (Å²) >= 11 is 0. The van der Waals surface area contributed by atoms with Gasteiger partial charge in [0.15, 0.2) is 0 Å². The molecule has 21 heavy (non-hydrogen) atoms. The van der Waals surface area contributed by atoms with Gasteiger partial charge in [0, 0.05) is 18.8 Å². The van der Waals surface area contributed by atoms with E-state index in [2.05, 4.69) is 14.7 Å². The topological polar surface area (TPSA) is 76.9 Å². The first-order valence-electron chi connectivity index (χ1n) is 6.33. The lowest BCUT2D eigenvalue weighted by molar-refractivity contribution is 0.588. The Bertz CT molecular complexity index is 898. The van der Waals surface area contributed by atoms with Crippen molar-refractivity contribution in [1.29, 1.82) is 0 Å². The highest BCUT2D eigenvalue weighted by atomic mass is 32.2. The van der Waals surface area contributed by atoms with Gasteiger partial charge in [-0.15, -0.1) is 0 Å². The van der Waals surface area contributed by atoms with Crippen LogP contribution in [0.1, 0.15) is 0 Å². The Balaban J connectivity index is 2.09. The van der Waals surface area contributed by atoms with E-state index in [0.29, 0.717) is 0 Å². The van der Waals surface area contributed by atoms with E-state index in [4.69, 9.17) is 0 Å². The van der Waals surface area contributed by atoms with Crippen LogP contribution in [0.5, 0.6) is 0 Å². The van der Waals surface area contributed by atoms with Crippen molar-refractivity contribution in [1.82, 2.24) is 19.3 Å². The van der Waals surface area contributed by atoms with Gasteiger partial charge in [0.2, 0.25) is 10.0 Å². The first-order chi connectivity index (χ1) is 10.0. The van der Waals surface area contributed by atoms with Crippen molar-refractivity contribution in [3.63, 3.8) is 0 Å². The third kappa shape index (κ3) is 2.30. The highest BCUT2D eigenvalue weighted by molar-refractivity contribution is 7.89. The van der Waals surface area contributed by atoms with E-state index >= 15 is 0 Å². The molecule has 0 radical (unpaired) electrons. The van der Waals surface area contributed by atoms with Gasteiger partial charge < -0.3 is 4.57 Å². The predicted octanol–water partition coefficient (Wildman–Crippen LogP) is 1.54. The molecule has 0 atom stereocenters. The normalized spacial score (nSPS) is 11.9. The lowest BCUT2D eigenvalue weighted by atomic mass is 10.2. The van der Waals surface area contributed by atoms with Gasteiger partial charge in [-0.25, -0.2) is 18.1 Å². The molecule has 3 aromatic rings. The molecule has 1 N–H and O–H groups in total. The van der Waals surface area contributed by atoms with Crippen LogP contribution in [-0.2, 0) is 17.1 Å². The number of hydrogen-bond acceptors (Lipinski definition) is 4. The highest BCUT2D eigenvalue weighted by Crippen LogP contribution is 2.24. The molecule has 0 aliphatic rings. The van der Waals surface area contributed by atoms with Crippen LogP contribution in [0.25, 0.3) is 22.4 Å². The second kappa shape index (κ2) is 4.94. The SMILES string of the molecule is CNS(=O)(=O)c1ccc(-c2nc3ccncc3n2C)cc1. The number of rotatable bonds is 3. The van der Waals surface area contributed by atoms with Crippen LogP contribution in [0.4, 0.5) is 0 Å². The van der Waals surface area contributed by atoms with Gasteiger partial charge in [-0.1, -0.05) is 0 Å². The minimum atomic E-state index is -3.42. The zero-order valence-electron chi connectivity index (χ0n) is 11.6. The van der Waals surface area contributed by atoms with E-state index in [-0.39, 0.29) is 4.90 Å². The van der Waals surface area contributed by atoms with Crippen molar-refractivity contribution in [2.75, 3.05) is 7.05 Å². The number of pyridine rings is 1. The van der Waals surface area contributed by atoms with E-state index in [1.54, 1.807) is 36.7 Å². The summed E-state index contributed by atoms with van der Waals surface area (Å²) in [7, 11) is -0.121. The van der Waals surface area contributed by atoms with Gasteiger partial charge >= 0.3 is 0 Å². The number of aromatic nitrogens is 3. The lowest BCUT2D eigenvalue weighted by Crippen LogP contribution is -2.18. The number of nitrogens with one attached hydrogen (secondary N) is 1. The summed E-state index contributed by atoms with van der Waals surface area (Å²) in [5.41, 5.74) is 2.64. The average molecular weight is 302 g/mol. The van der Waals surface area contributed by atoms with Crippen molar-refractivity contribution in [2.45, 2.75) is 4.90 Å². The molecule has 0 fully saturated rings. The summed E-state index contributed by atoms with van der Waals surface area (Å²) in [6, 6.07) is 8.48. The molecule has 1 aromatic carbocycles. The Morgan fingerprint density at radius 3 is 2.48 bits per heavy atom. The summed E-state index contributed by atoms with van der Waals surface area (Å²) in [5.74, 6) is 0.770. The monoisotopic (exact) mass is 302 g/mol. The number of aryl methyl sites for hydroxylation is 1.